The summed E-state index contributed by atoms with van der Waals surface area (Å²) < 4.78 is 0. The molecule has 1 aliphatic heterocycles. The van der Waals surface area contributed by atoms with Crippen molar-refractivity contribution < 1.29 is 0 Å². The summed E-state index contributed by atoms with van der Waals surface area (Å²) in [6, 6.07) is 9.04. The van der Waals surface area contributed by atoms with Crippen molar-refractivity contribution in [1.82, 2.24) is 15.2 Å². The molecule has 0 radical (unpaired) electrons. The maximum atomic E-state index is 3.41. The summed E-state index contributed by atoms with van der Waals surface area (Å²) in [4.78, 5) is 7.34. The molecule has 2 aromatic rings. The van der Waals surface area contributed by atoms with Gasteiger partial charge in [-0.15, -0.1) is 11.3 Å². The molecule has 0 amide bonds. The van der Waals surface area contributed by atoms with E-state index in [2.05, 4.69) is 44.8 Å². The lowest BCUT2D eigenvalue weighted by Crippen LogP contribution is -2.45. The number of nitrogens with zero attached hydrogens (tertiary/aromatic N) is 1. The van der Waals surface area contributed by atoms with E-state index in [-0.39, 0.29) is 0 Å². The Morgan fingerprint density at radius 2 is 2.06 bits per heavy atom. The number of rotatable bonds is 3. The number of aromatic nitrogens is 1. The molecule has 2 N–H and O–H groups in total. The van der Waals surface area contributed by atoms with E-state index in [0.29, 0.717) is 6.04 Å². The summed E-state index contributed by atoms with van der Waals surface area (Å²) in [5, 5.41) is 5.57. The van der Waals surface area contributed by atoms with Gasteiger partial charge in [0.15, 0.2) is 0 Å². The number of thiophene rings is 1. The SMILES string of the molecule is c1c[nH]c([C@H](c2cccs2)N2CCNCC2)c1. The molecule has 2 aromatic heterocycles. The predicted molar refractivity (Wildman–Crippen MR) is 71.4 cm³/mol. The first-order chi connectivity index (χ1) is 8.45. The van der Waals surface area contributed by atoms with Crippen molar-refractivity contribution in [3.63, 3.8) is 0 Å². The summed E-state index contributed by atoms with van der Waals surface area (Å²) >= 11 is 1.84. The number of nitrogens with one attached hydrogen (secondary N) is 2. The molecule has 0 spiro atoms. The molecule has 1 fully saturated rings. The van der Waals surface area contributed by atoms with Crippen molar-refractivity contribution in [1.29, 1.82) is 0 Å². The van der Waals surface area contributed by atoms with Gasteiger partial charge in [0, 0.05) is 42.9 Å². The van der Waals surface area contributed by atoms with Crippen molar-refractivity contribution in [2.45, 2.75) is 6.04 Å². The second-order valence-corrected chi connectivity index (χ2v) is 5.31. The maximum Gasteiger partial charge on any atom is 0.0848 e. The molecule has 4 heteroatoms. The topological polar surface area (TPSA) is 31.1 Å². The molecule has 1 saturated heterocycles. The minimum absolute atomic E-state index is 0.395. The highest BCUT2D eigenvalue weighted by Crippen LogP contribution is 2.30. The minimum atomic E-state index is 0.395. The lowest BCUT2D eigenvalue weighted by molar-refractivity contribution is 0.198. The Labute approximate surface area is 105 Å². The van der Waals surface area contributed by atoms with Crippen molar-refractivity contribution in [3.05, 3.63) is 46.4 Å². The molecule has 0 saturated carbocycles. The van der Waals surface area contributed by atoms with Crippen LogP contribution in [0.5, 0.6) is 0 Å². The Bertz CT molecular complexity index is 395. The molecule has 3 nitrogen and oxygen atoms in total. The van der Waals surface area contributed by atoms with Gasteiger partial charge in [-0.3, -0.25) is 4.90 Å². The maximum absolute atomic E-state index is 3.41. The van der Waals surface area contributed by atoms with E-state index in [0.717, 1.165) is 26.2 Å². The van der Waals surface area contributed by atoms with E-state index in [1.807, 2.05) is 17.5 Å². The lowest BCUT2D eigenvalue weighted by Gasteiger charge is -2.34. The summed E-state index contributed by atoms with van der Waals surface area (Å²) in [5.41, 5.74) is 1.30. The lowest BCUT2D eigenvalue weighted by atomic mass is 10.1. The quantitative estimate of drug-likeness (QED) is 0.870. The van der Waals surface area contributed by atoms with Crippen LogP contribution in [0.15, 0.2) is 35.8 Å². The number of aromatic amines is 1. The second-order valence-electron chi connectivity index (χ2n) is 4.33. The van der Waals surface area contributed by atoms with Gasteiger partial charge in [0.1, 0.15) is 0 Å². The molecule has 1 atom stereocenters. The number of piperazine rings is 1. The molecule has 17 heavy (non-hydrogen) atoms. The van der Waals surface area contributed by atoms with Crippen molar-refractivity contribution in [2.75, 3.05) is 26.2 Å². The van der Waals surface area contributed by atoms with E-state index in [4.69, 9.17) is 0 Å². The predicted octanol–water partition coefficient (Wildman–Crippen LogP) is 2.07. The monoisotopic (exact) mass is 247 g/mol. The van der Waals surface area contributed by atoms with Crippen LogP contribution in [0.1, 0.15) is 16.6 Å². The van der Waals surface area contributed by atoms with Crippen LogP contribution in [-0.4, -0.2) is 36.1 Å². The summed E-state index contributed by atoms with van der Waals surface area (Å²) in [7, 11) is 0. The first kappa shape index (κ1) is 11.0. The normalized spacial score (nSPS) is 19.3. The zero-order chi connectivity index (χ0) is 11.5. The van der Waals surface area contributed by atoms with Crippen LogP contribution in [0.25, 0.3) is 0 Å². The van der Waals surface area contributed by atoms with Gasteiger partial charge in [-0.2, -0.15) is 0 Å². The number of hydrogen-bond donors (Lipinski definition) is 2. The van der Waals surface area contributed by atoms with Crippen LogP contribution in [0.2, 0.25) is 0 Å². The zero-order valence-corrected chi connectivity index (χ0v) is 10.5. The fourth-order valence-corrected chi connectivity index (χ4v) is 3.31. The molecule has 0 bridgehead atoms. The molecule has 90 valence electrons. The van der Waals surface area contributed by atoms with Crippen LogP contribution in [0.4, 0.5) is 0 Å². The molecule has 0 aromatic carbocycles. The van der Waals surface area contributed by atoms with Gasteiger partial charge in [-0.25, -0.2) is 0 Å². The molecule has 3 rings (SSSR count). The van der Waals surface area contributed by atoms with Crippen LogP contribution < -0.4 is 5.32 Å². The number of hydrogen-bond acceptors (Lipinski definition) is 3. The fraction of sp³-hybridized carbons (Fsp3) is 0.385. The van der Waals surface area contributed by atoms with Crippen LogP contribution >= 0.6 is 11.3 Å². The Morgan fingerprint density at radius 1 is 1.18 bits per heavy atom. The van der Waals surface area contributed by atoms with Gasteiger partial charge < -0.3 is 10.3 Å². The van der Waals surface area contributed by atoms with Crippen LogP contribution in [-0.2, 0) is 0 Å². The molecule has 1 aliphatic rings. The van der Waals surface area contributed by atoms with Gasteiger partial charge in [0.25, 0.3) is 0 Å². The average molecular weight is 247 g/mol. The van der Waals surface area contributed by atoms with E-state index in [9.17, 15) is 0 Å². The smallest absolute Gasteiger partial charge is 0.0848 e. The Hall–Kier alpha value is -1.10. The van der Waals surface area contributed by atoms with E-state index in [1.54, 1.807) is 0 Å². The van der Waals surface area contributed by atoms with Gasteiger partial charge in [0.2, 0.25) is 0 Å². The van der Waals surface area contributed by atoms with Crippen molar-refractivity contribution in [2.24, 2.45) is 0 Å². The first-order valence-corrected chi connectivity index (χ1v) is 6.94. The molecular weight excluding hydrogens is 230 g/mol. The first-order valence-electron chi connectivity index (χ1n) is 6.06. The Kier molecular flexibility index (Phi) is 3.27. The number of H-pyrrole nitrogens is 1. The van der Waals surface area contributed by atoms with Crippen LogP contribution in [0, 0.1) is 0 Å². The third-order valence-corrected chi connectivity index (χ3v) is 4.17. The average Bonchev–Trinajstić information content (AvgIpc) is 3.04. The van der Waals surface area contributed by atoms with Gasteiger partial charge >= 0.3 is 0 Å². The summed E-state index contributed by atoms with van der Waals surface area (Å²) in [6.07, 6.45) is 2.01. The highest BCUT2D eigenvalue weighted by atomic mass is 32.1. The molecular formula is C13H17N3S. The van der Waals surface area contributed by atoms with E-state index < -0.39 is 0 Å². The fourth-order valence-electron chi connectivity index (χ4n) is 2.43. The highest BCUT2D eigenvalue weighted by molar-refractivity contribution is 7.10. The van der Waals surface area contributed by atoms with Crippen LogP contribution in [0.3, 0.4) is 0 Å². The Balaban J connectivity index is 1.91. The minimum Gasteiger partial charge on any atom is -0.363 e. The third kappa shape index (κ3) is 2.29. The highest BCUT2D eigenvalue weighted by Gasteiger charge is 2.24. The summed E-state index contributed by atoms with van der Waals surface area (Å²) in [5.74, 6) is 0. The standard InChI is InChI=1S/C13H17N3S/c1-3-11(15-5-1)13(12-4-2-10-17-12)16-8-6-14-7-9-16/h1-5,10,13-15H,6-9H2/t13-/m1/s1. The van der Waals surface area contributed by atoms with Gasteiger partial charge in [-0.05, 0) is 23.6 Å². The molecule has 3 heterocycles. The van der Waals surface area contributed by atoms with E-state index >= 15 is 0 Å². The molecule has 0 aliphatic carbocycles. The Morgan fingerprint density at radius 3 is 2.71 bits per heavy atom. The zero-order valence-electron chi connectivity index (χ0n) is 9.73. The van der Waals surface area contributed by atoms with Gasteiger partial charge in [0.05, 0.1) is 6.04 Å². The summed E-state index contributed by atoms with van der Waals surface area (Å²) in [6.45, 7) is 4.40. The van der Waals surface area contributed by atoms with Crippen molar-refractivity contribution >= 4 is 11.3 Å². The van der Waals surface area contributed by atoms with Gasteiger partial charge in [-0.1, -0.05) is 6.07 Å². The van der Waals surface area contributed by atoms with E-state index in [1.165, 1.54) is 10.6 Å². The van der Waals surface area contributed by atoms with Crippen molar-refractivity contribution in [3.8, 4) is 0 Å². The third-order valence-electron chi connectivity index (χ3n) is 3.25. The second kappa shape index (κ2) is 5.04. The molecule has 0 unspecified atom stereocenters. The largest absolute Gasteiger partial charge is 0.363 e.